The van der Waals surface area contributed by atoms with Crippen molar-refractivity contribution in [1.29, 1.82) is 0 Å². The minimum absolute atomic E-state index is 0.0102. The van der Waals surface area contributed by atoms with Crippen LogP contribution in [0.3, 0.4) is 0 Å². The van der Waals surface area contributed by atoms with Crippen molar-refractivity contribution in [1.82, 2.24) is 9.88 Å². The van der Waals surface area contributed by atoms with Gasteiger partial charge in [0.1, 0.15) is 0 Å². The van der Waals surface area contributed by atoms with Gasteiger partial charge in [0, 0.05) is 49.9 Å². The van der Waals surface area contributed by atoms with Crippen LogP contribution in [0.2, 0.25) is 0 Å². The molecule has 0 spiro atoms. The molecule has 1 aromatic heterocycles. The largest absolute Gasteiger partial charge is 0.381 e. The highest BCUT2D eigenvalue weighted by Crippen LogP contribution is 2.32. The highest BCUT2D eigenvalue weighted by atomic mass is 16.5. The molecule has 0 bridgehead atoms. The zero-order valence-corrected chi connectivity index (χ0v) is 15.9. The molecule has 2 aromatic rings. The van der Waals surface area contributed by atoms with Gasteiger partial charge in [0.05, 0.1) is 0 Å². The number of amides is 2. The Hall–Kier alpha value is -2.40. The zero-order chi connectivity index (χ0) is 18.6. The van der Waals surface area contributed by atoms with Crippen molar-refractivity contribution >= 4 is 11.7 Å². The predicted molar refractivity (Wildman–Crippen MR) is 107 cm³/mol. The second kappa shape index (κ2) is 8.09. The van der Waals surface area contributed by atoms with Gasteiger partial charge >= 0.3 is 6.03 Å². The summed E-state index contributed by atoms with van der Waals surface area (Å²) in [5.74, 6) is 1.31. The van der Waals surface area contributed by atoms with Crippen LogP contribution in [0, 0.1) is 18.8 Å². The number of carbonyl (C=O) groups is 1. The van der Waals surface area contributed by atoms with Gasteiger partial charge in [-0.05, 0) is 61.3 Å². The topological polar surface area (TPSA) is 54.5 Å². The molecular formula is C22H27N3O2. The molecular weight excluding hydrogens is 338 g/mol. The molecule has 1 aromatic carbocycles. The molecule has 1 atom stereocenters. The molecule has 142 valence electrons. The van der Waals surface area contributed by atoms with E-state index in [-0.39, 0.29) is 6.03 Å². The minimum atomic E-state index is 0.0102. The third-order valence-electron chi connectivity index (χ3n) is 5.92. The fourth-order valence-electron chi connectivity index (χ4n) is 4.21. The number of aryl methyl sites for hydroxylation is 1. The van der Waals surface area contributed by atoms with Crippen LogP contribution in [0.1, 0.15) is 24.8 Å². The summed E-state index contributed by atoms with van der Waals surface area (Å²) in [4.78, 5) is 19.0. The Morgan fingerprint density at radius 3 is 2.78 bits per heavy atom. The fourth-order valence-corrected chi connectivity index (χ4v) is 4.21. The number of hydrogen-bond acceptors (Lipinski definition) is 3. The van der Waals surface area contributed by atoms with E-state index >= 15 is 0 Å². The van der Waals surface area contributed by atoms with E-state index in [0.717, 1.165) is 67.9 Å². The van der Waals surface area contributed by atoms with Gasteiger partial charge in [-0.3, -0.25) is 4.98 Å². The molecule has 4 rings (SSSR count). The lowest BCUT2D eigenvalue weighted by molar-refractivity contribution is 0.0485. The Bertz CT molecular complexity index is 787. The van der Waals surface area contributed by atoms with Crippen molar-refractivity contribution in [3.8, 4) is 11.1 Å². The van der Waals surface area contributed by atoms with Gasteiger partial charge in [-0.25, -0.2) is 4.79 Å². The lowest BCUT2D eigenvalue weighted by Gasteiger charge is -2.27. The summed E-state index contributed by atoms with van der Waals surface area (Å²) in [6, 6.07) is 10.1. The van der Waals surface area contributed by atoms with E-state index in [1.807, 2.05) is 42.3 Å². The first kappa shape index (κ1) is 18.0. The molecule has 5 heteroatoms. The van der Waals surface area contributed by atoms with Crippen molar-refractivity contribution in [3.63, 3.8) is 0 Å². The quantitative estimate of drug-likeness (QED) is 0.880. The van der Waals surface area contributed by atoms with Crippen LogP contribution in [-0.4, -0.2) is 42.2 Å². The summed E-state index contributed by atoms with van der Waals surface area (Å²) >= 11 is 0. The molecule has 2 aliphatic heterocycles. The van der Waals surface area contributed by atoms with E-state index in [2.05, 4.69) is 16.4 Å². The maximum Gasteiger partial charge on any atom is 0.321 e. The Morgan fingerprint density at radius 2 is 2.00 bits per heavy atom. The van der Waals surface area contributed by atoms with Crippen molar-refractivity contribution in [2.45, 2.75) is 26.2 Å². The first-order valence-corrected chi connectivity index (χ1v) is 9.85. The highest BCUT2D eigenvalue weighted by Gasteiger charge is 2.32. The second-order valence-corrected chi connectivity index (χ2v) is 7.65. The molecule has 0 aliphatic carbocycles. The average molecular weight is 365 g/mol. The van der Waals surface area contributed by atoms with E-state index in [9.17, 15) is 4.79 Å². The van der Waals surface area contributed by atoms with Crippen molar-refractivity contribution < 1.29 is 9.53 Å². The summed E-state index contributed by atoms with van der Waals surface area (Å²) < 4.78 is 5.48. The second-order valence-electron chi connectivity index (χ2n) is 7.65. The van der Waals surface area contributed by atoms with Gasteiger partial charge in [0.2, 0.25) is 0 Å². The molecule has 5 nitrogen and oxygen atoms in total. The van der Waals surface area contributed by atoms with Gasteiger partial charge in [-0.15, -0.1) is 0 Å². The number of carbonyl (C=O) groups excluding carboxylic acids is 1. The number of hydrogen-bond donors (Lipinski definition) is 1. The summed E-state index contributed by atoms with van der Waals surface area (Å²) in [6.07, 6.45) is 6.98. The SMILES string of the molecule is Cc1ccc(-c2cccnc2)cc1NC(=O)N1CCC(C2CCOCC2)C1. The number of rotatable bonds is 3. The molecule has 27 heavy (non-hydrogen) atoms. The van der Waals surface area contributed by atoms with E-state index in [0.29, 0.717) is 11.8 Å². The lowest BCUT2D eigenvalue weighted by Crippen LogP contribution is -2.34. The van der Waals surface area contributed by atoms with E-state index in [1.165, 1.54) is 0 Å². The molecule has 1 N–H and O–H groups in total. The predicted octanol–water partition coefficient (Wildman–Crippen LogP) is 4.34. The fraction of sp³-hybridized carbons (Fsp3) is 0.455. The number of ether oxygens (including phenoxy) is 1. The summed E-state index contributed by atoms with van der Waals surface area (Å²) in [5.41, 5.74) is 4.05. The zero-order valence-electron chi connectivity index (χ0n) is 15.9. The molecule has 2 aliphatic rings. The van der Waals surface area contributed by atoms with Gasteiger partial charge in [-0.2, -0.15) is 0 Å². The van der Waals surface area contributed by atoms with Crippen LogP contribution in [0.5, 0.6) is 0 Å². The van der Waals surface area contributed by atoms with Crippen LogP contribution in [0.25, 0.3) is 11.1 Å². The third kappa shape index (κ3) is 4.14. The smallest absolute Gasteiger partial charge is 0.321 e. The van der Waals surface area contributed by atoms with Gasteiger partial charge in [0.25, 0.3) is 0 Å². The van der Waals surface area contributed by atoms with Crippen molar-refractivity contribution in [2.24, 2.45) is 11.8 Å². The van der Waals surface area contributed by atoms with Crippen LogP contribution in [0.15, 0.2) is 42.7 Å². The Labute approximate surface area is 160 Å². The maximum atomic E-state index is 12.8. The number of likely N-dealkylation sites (tertiary alicyclic amines) is 1. The third-order valence-corrected chi connectivity index (χ3v) is 5.92. The monoisotopic (exact) mass is 365 g/mol. The molecule has 2 saturated heterocycles. The Kier molecular flexibility index (Phi) is 5.39. The van der Waals surface area contributed by atoms with Crippen LogP contribution < -0.4 is 5.32 Å². The number of nitrogens with one attached hydrogen (secondary N) is 1. The maximum absolute atomic E-state index is 12.8. The number of pyridine rings is 1. The van der Waals surface area contributed by atoms with Crippen molar-refractivity contribution in [3.05, 3.63) is 48.3 Å². The minimum Gasteiger partial charge on any atom is -0.381 e. The van der Waals surface area contributed by atoms with E-state index in [4.69, 9.17) is 4.74 Å². The Balaban J connectivity index is 1.42. The van der Waals surface area contributed by atoms with Gasteiger partial charge in [-0.1, -0.05) is 18.2 Å². The highest BCUT2D eigenvalue weighted by molar-refractivity contribution is 5.91. The van der Waals surface area contributed by atoms with Gasteiger partial charge in [0.15, 0.2) is 0 Å². The standard InChI is InChI=1S/C22H27N3O2/c1-16-4-5-18(19-3-2-9-23-14-19)13-21(16)24-22(26)25-10-6-20(15-25)17-7-11-27-12-8-17/h2-5,9,13-14,17,20H,6-8,10-12,15H2,1H3,(H,24,26). The molecule has 2 fully saturated rings. The van der Waals surface area contributed by atoms with Crippen LogP contribution in [0.4, 0.5) is 10.5 Å². The lowest BCUT2D eigenvalue weighted by atomic mass is 9.85. The van der Waals surface area contributed by atoms with Gasteiger partial charge < -0.3 is 15.0 Å². The van der Waals surface area contributed by atoms with E-state index in [1.54, 1.807) is 6.20 Å². The number of urea groups is 1. The number of nitrogens with zero attached hydrogens (tertiary/aromatic N) is 2. The average Bonchev–Trinajstić information content (AvgIpc) is 3.21. The summed E-state index contributed by atoms with van der Waals surface area (Å²) in [6.45, 7) is 5.46. The first-order chi connectivity index (χ1) is 13.2. The van der Waals surface area contributed by atoms with Crippen LogP contribution >= 0.6 is 0 Å². The normalized spacial score (nSPS) is 20.6. The number of aromatic nitrogens is 1. The van der Waals surface area contributed by atoms with E-state index < -0.39 is 0 Å². The molecule has 2 amide bonds. The summed E-state index contributed by atoms with van der Waals surface area (Å²) in [5, 5.41) is 3.13. The molecule has 3 heterocycles. The molecule has 1 unspecified atom stereocenters. The van der Waals surface area contributed by atoms with Crippen molar-refractivity contribution in [2.75, 3.05) is 31.6 Å². The van der Waals surface area contributed by atoms with Crippen LogP contribution in [-0.2, 0) is 4.74 Å². The molecule has 0 radical (unpaired) electrons. The Morgan fingerprint density at radius 1 is 1.15 bits per heavy atom. The summed E-state index contributed by atoms with van der Waals surface area (Å²) in [7, 11) is 0. The number of benzene rings is 1. The molecule has 0 saturated carbocycles. The first-order valence-electron chi connectivity index (χ1n) is 9.85. The number of anilines is 1.